The topological polar surface area (TPSA) is 90.3 Å². The molecule has 1 amide bonds. The minimum absolute atomic E-state index is 0.0802. The van der Waals surface area contributed by atoms with Crippen molar-refractivity contribution in [2.75, 3.05) is 11.9 Å². The molecular weight excluding hydrogens is 346 g/mol. The number of carbonyl (C=O) groups excluding carboxylic acids is 2. The van der Waals surface area contributed by atoms with Crippen LogP contribution in [0.3, 0.4) is 0 Å². The van der Waals surface area contributed by atoms with E-state index in [1.54, 1.807) is 19.1 Å². The van der Waals surface area contributed by atoms with Crippen LogP contribution in [0.1, 0.15) is 48.7 Å². The van der Waals surface area contributed by atoms with Crippen molar-refractivity contribution in [1.29, 1.82) is 0 Å². The molecule has 1 aromatic carbocycles. The summed E-state index contributed by atoms with van der Waals surface area (Å²) in [5.74, 6) is -0.966. The molecule has 1 fully saturated rings. The van der Waals surface area contributed by atoms with Gasteiger partial charge in [-0.3, -0.25) is 9.59 Å². The van der Waals surface area contributed by atoms with Gasteiger partial charge in [-0.25, -0.2) is 4.79 Å². The average molecular weight is 369 g/mol. The lowest BCUT2D eigenvalue weighted by atomic mass is 10.1. The number of hydrogen-bond acceptors (Lipinski definition) is 5. The third-order valence-corrected chi connectivity index (χ3v) is 4.66. The van der Waals surface area contributed by atoms with Crippen molar-refractivity contribution in [3.8, 4) is 5.69 Å². The van der Waals surface area contributed by atoms with Gasteiger partial charge in [-0.1, -0.05) is 30.5 Å². The molecule has 1 saturated carbocycles. The molecule has 7 nitrogen and oxygen atoms in total. The molecule has 7 heteroatoms. The number of benzene rings is 1. The summed E-state index contributed by atoms with van der Waals surface area (Å²) >= 11 is 0. The smallest absolute Gasteiger partial charge is 0.360 e. The van der Waals surface area contributed by atoms with Gasteiger partial charge in [-0.05, 0) is 38.8 Å². The van der Waals surface area contributed by atoms with Crippen LogP contribution in [0.2, 0.25) is 0 Å². The minimum atomic E-state index is -0.680. The predicted octanol–water partition coefficient (Wildman–Crippen LogP) is 2.85. The first-order valence-corrected chi connectivity index (χ1v) is 9.19. The van der Waals surface area contributed by atoms with Gasteiger partial charge in [0.25, 0.3) is 5.56 Å². The van der Waals surface area contributed by atoms with E-state index >= 15 is 0 Å². The minimum Gasteiger partial charge on any atom is -0.461 e. The summed E-state index contributed by atoms with van der Waals surface area (Å²) in [6.07, 6.45) is 3.65. The summed E-state index contributed by atoms with van der Waals surface area (Å²) in [4.78, 5) is 37.4. The second kappa shape index (κ2) is 8.16. The van der Waals surface area contributed by atoms with Crippen molar-refractivity contribution in [3.05, 3.63) is 51.9 Å². The van der Waals surface area contributed by atoms with Crippen molar-refractivity contribution in [1.82, 2.24) is 9.78 Å². The maximum Gasteiger partial charge on any atom is 0.360 e. The molecule has 0 bridgehead atoms. The van der Waals surface area contributed by atoms with Gasteiger partial charge in [0.1, 0.15) is 0 Å². The Morgan fingerprint density at radius 1 is 1.22 bits per heavy atom. The molecule has 1 aliphatic carbocycles. The maximum atomic E-state index is 12.6. The molecule has 1 aliphatic rings. The zero-order valence-electron chi connectivity index (χ0n) is 15.5. The Kier molecular flexibility index (Phi) is 5.69. The molecule has 1 heterocycles. The Labute approximate surface area is 157 Å². The third-order valence-electron chi connectivity index (χ3n) is 4.66. The largest absolute Gasteiger partial charge is 0.461 e. The molecule has 1 N–H and O–H groups in total. The maximum absolute atomic E-state index is 12.6. The van der Waals surface area contributed by atoms with Gasteiger partial charge < -0.3 is 10.1 Å². The van der Waals surface area contributed by atoms with E-state index in [0.29, 0.717) is 5.69 Å². The van der Waals surface area contributed by atoms with Crippen LogP contribution in [-0.4, -0.2) is 28.3 Å². The highest BCUT2D eigenvalue weighted by Crippen LogP contribution is 2.26. The highest BCUT2D eigenvalue weighted by molar-refractivity contribution is 6.00. The second-order valence-electron chi connectivity index (χ2n) is 6.68. The number of aryl methyl sites for hydroxylation is 1. The van der Waals surface area contributed by atoms with E-state index in [9.17, 15) is 14.4 Å². The van der Waals surface area contributed by atoms with Crippen LogP contribution in [0, 0.1) is 12.8 Å². The van der Waals surface area contributed by atoms with Crippen molar-refractivity contribution < 1.29 is 14.3 Å². The summed E-state index contributed by atoms with van der Waals surface area (Å²) in [6, 6.07) is 8.42. The molecular formula is C20H23N3O4. The van der Waals surface area contributed by atoms with E-state index in [1.165, 1.54) is 6.07 Å². The van der Waals surface area contributed by atoms with E-state index in [1.807, 2.05) is 19.1 Å². The van der Waals surface area contributed by atoms with Crippen LogP contribution in [-0.2, 0) is 9.53 Å². The Balaban J connectivity index is 2.00. The van der Waals surface area contributed by atoms with Gasteiger partial charge in [0.15, 0.2) is 5.69 Å². The SMILES string of the molecule is CCOC(=O)c1nn(-c2ccc(C)cc2)c(=O)cc1NC(=O)C1CCCC1. The number of rotatable bonds is 5. The van der Waals surface area contributed by atoms with Gasteiger partial charge in [-0.15, -0.1) is 0 Å². The lowest BCUT2D eigenvalue weighted by molar-refractivity contribution is -0.119. The molecule has 142 valence electrons. The van der Waals surface area contributed by atoms with Crippen LogP contribution in [0.5, 0.6) is 0 Å². The zero-order chi connectivity index (χ0) is 19.4. The van der Waals surface area contributed by atoms with E-state index < -0.39 is 11.5 Å². The number of ether oxygens (including phenoxy) is 1. The number of aromatic nitrogens is 2. The van der Waals surface area contributed by atoms with E-state index in [0.717, 1.165) is 35.9 Å². The highest BCUT2D eigenvalue weighted by atomic mass is 16.5. The van der Waals surface area contributed by atoms with Crippen molar-refractivity contribution >= 4 is 17.6 Å². The molecule has 0 aliphatic heterocycles. The molecule has 0 radical (unpaired) electrons. The third kappa shape index (κ3) is 4.24. The fraction of sp³-hybridized carbons (Fsp3) is 0.400. The van der Waals surface area contributed by atoms with Crippen molar-refractivity contribution in [2.45, 2.75) is 39.5 Å². The number of hydrogen-bond donors (Lipinski definition) is 1. The Hall–Kier alpha value is -2.96. The molecule has 0 saturated heterocycles. The van der Waals surface area contributed by atoms with E-state index in [4.69, 9.17) is 4.74 Å². The lowest BCUT2D eigenvalue weighted by Gasteiger charge is -2.14. The predicted molar refractivity (Wildman–Crippen MR) is 101 cm³/mol. The second-order valence-corrected chi connectivity index (χ2v) is 6.68. The Morgan fingerprint density at radius 2 is 1.89 bits per heavy atom. The fourth-order valence-electron chi connectivity index (χ4n) is 3.20. The van der Waals surface area contributed by atoms with Gasteiger partial charge in [0.05, 0.1) is 18.0 Å². The summed E-state index contributed by atoms with van der Waals surface area (Å²) < 4.78 is 6.19. The van der Waals surface area contributed by atoms with Gasteiger partial charge in [0.2, 0.25) is 5.91 Å². The van der Waals surface area contributed by atoms with Crippen LogP contribution < -0.4 is 10.9 Å². The first kappa shape index (κ1) is 18.8. The number of nitrogens with one attached hydrogen (secondary N) is 1. The van der Waals surface area contributed by atoms with Gasteiger partial charge in [-0.2, -0.15) is 9.78 Å². The number of carbonyl (C=O) groups is 2. The summed E-state index contributed by atoms with van der Waals surface area (Å²) in [6.45, 7) is 3.79. The van der Waals surface area contributed by atoms with Crippen molar-refractivity contribution in [3.63, 3.8) is 0 Å². The molecule has 27 heavy (non-hydrogen) atoms. The van der Waals surface area contributed by atoms with Crippen LogP contribution in [0.15, 0.2) is 35.1 Å². The number of nitrogens with zero attached hydrogens (tertiary/aromatic N) is 2. The number of esters is 1. The number of anilines is 1. The molecule has 0 atom stereocenters. The molecule has 2 aromatic rings. The van der Waals surface area contributed by atoms with E-state index in [-0.39, 0.29) is 29.8 Å². The average Bonchev–Trinajstić information content (AvgIpc) is 3.18. The van der Waals surface area contributed by atoms with Crippen molar-refractivity contribution in [2.24, 2.45) is 5.92 Å². The zero-order valence-corrected chi connectivity index (χ0v) is 15.5. The Morgan fingerprint density at radius 3 is 2.52 bits per heavy atom. The normalized spacial score (nSPS) is 14.1. The molecule has 1 aromatic heterocycles. The van der Waals surface area contributed by atoms with Crippen LogP contribution in [0.25, 0.3) is 5.69 Å². The lowest BCUT2D eigenvalue weighted by Crippen LogP contribution is -2.28. The summed E-state index contributed by atoms with van der Waals surface area (Å²) in [5.41, 5.74) is 1.15. The van der Waals surface area contributed by atoms with Crippen LogP contribution in [0.4, 0.5) is 5.69 Å². The monoisotopic (exact) mass is 369 g/mol. The standard InChI is InChI=1S/C20H23N3O4/c1-3-27-20(26)18-16(21-19(25)14-6-4-5-7-14)12-17(24)23(22-18)15-10-8-13(2)9-11-15/h8-12,14H,3-7H2,1-2H3,(H,21,25). The first-order valence-electron chi connectivity index (χ1n) is 9.19. The Bertz CT molecular complexity index is 896. The quantitative estimate of drug-likeness (QED) is 0.819. The van der Waals surface area contributed by atoms with Gasteiger partial charge >= 0.3 is 5.97 Å². The molecule has 3 rings (SSSR count). The van der Waals surface area contributed by atoms with E-state index in [2.05, 4.69) is 10.4 Å². The molecule has 0 spiro atoms. The first-order chi connectivity index (χ1) is 13.0. The van der Waals surface area contributed by atoms with Gasteiger partial charge in [0, 0.05) is 12.0 Å². The summed E-state index contributed by atoms with van der Waals surface area (Å²) in [5, 5.41) is 6.89. The summed E-state index contributed by atoms with van der Waals surface area (Å²) in [7, 11) is 0. The number of amides is 1. The highest BCUT2D eigenvalue weighted by Gasteiger charge is 2.26. The fourth-order valence-corrected chi connectivity index (χ4v) is 3.20. The van der Waals surface area contributed by atoms with Crippen LogP contribution >= 0.6 is 0 Å². The molecule has 0 unspecified atom stereocenters.